The first-order valence-electron chi connectivity index (χ1n) is 7.12. The van der Waals surface area contributed by atoms with E-state index in [1.807, 2.05) is 41.7 Å². The summed E-state index contributed by atoms with van der Waals surface area (Å²) in [6.45, 7) is 2.00. The number of aromatic nitrogens is 3. The van der Waals surface area contributed by atoms with Crippen molar-refractivity contribution < 1.29 is 4.92 Å². The molecular weight excluding hydrogens is 292 g/mol. The Morgan fingerprint density at radius 3 is 2.78 bits per heavy atom. The Morgan fingerprint density at radius 1 is 1.13 bits per heavy atom. The van der Waals surface area contributed by atoms with Crippen molar-refractivity contribution >= 4 is 22.2 Å². The molecular formula is C17H12N4O2. The van der Waals surface area contributed by atoms with Gasteiger partial charge in [-0.2, -0.15) is 0 Å². The molecule has 0 saturated carbocycles. The number of nitro groups is 1. The van der Waals surface area contributed by atoms with Gasteiger partial charge >= 0.3 is 0 Å². The number of rotatable bonds is 2. The summed E-state index contributed by atoms with van der Waals surface area (Å²) in [5.41, 5.74) is 4.36. The number of nitrogens with zero attached hydrogens (tertiary/aromatic N) is 4. The normalized spacial score (nSPS) is 11.2. The highest BCUT2D eigenvalue weighted by molar-refractivity contribution is 5.90. The highest BCUT2D eigenvalue weighted by atomic mass is 16.6. The zero-order valence-electron chi connectivity index (χ0n) is 12.3. The summed E-state index contributed by atoms with van der Waals surface area (Å²) in [5, 5.41) is 20.3. The summed E-state index contributed by atoms with van der Waals surface area (Å²) in [7, 11) is 0. The highest BCUT2D eigenvalue weighted by Crippen LogP contribution is 2.32. The summed E-state index contributed by atoms with van der Waals surface area (Å²) in [6, 6.07) is 14.6. The third kappa shape index (κ3) is 2.03. The van der Waals surface area contributed by atoms with Gasteiger partial charge in [0, 0.05) is 11.5 Å². The number of hydrogen-bond acceptors (Lipinski definition) is 4. The third-order valence-electron chi connectivity index (χ3n) is 4.01. The second-order valence-corrected chi connectivity index (χ2v) is 5.39. The van der Waals surface area contributed by atoms with Crippen LogP contribution in [0.5, 0.6) is 0 Å². The lowest BCUT2D eigenvalue weighted by atomic mass is 10.00. The Balaban J connectivity index is 2.02. The van der Waals surface area contributed by atoms with Gasteiger partial charge in [-0.3, -0.25) is 14.5 Å². The fourth-order valence-corrected chi connectivity index (χ4v) is 2.91. The van der Waals surface area contributed by atoms with Crippen molar-refractivity contribution in [3.8, 4) is 11.1 Å². The van der Waals surface area contributed by atoms with Gasteiger partial charge in [0.15, 0.2) is 5.65 Å². The topological polar surface area (TPSA) is 73.3 Å². The lowest BCUT2D eigenvalue weighted by Gasteiger charge is -2.08. The van der Waals surface area contributed by atoms with Crippen LogP contribution in [0.1, 0.15) is 5.56 Å². The van der Waals surface area contributed by atoms with Crippen molar-refractivity contribution in [1.82, 2.24) is 14.6 Å². The molecule has 112 valence electrons. The van der Waals surface area contributed by atoms with Gasteiger partial charge in [0.1, 0.15) is 6.33 Å². The van der Waals surface area contributed by atoms with Crippen LogP contribution in [-0.2, 0) is 0 Å². The van der Waals surface area contributed by atoms with Gasteiger partial charge in [-0.25, -0.2) is 0 Å². The summed E-state index contributed by atoms with van der Waals surface area (Å²) in [4.78, 5) is 10.9. The molecule has 0 aliphatic rings. The summed E-state index contributed by atoms with van der Waals surface area (Å²) in [6.07, 6.45) is 1.67. The maximum Gasteiger partial charge on any atom is 0.277 e. The quantitative estimate of drug-likeness (QED) is 0.417. The van der Waals surface area contributed by atoms with Crippen LogP contribution in [-0.4, -0.2) is 19.5 Å². The fourth-order valence-electron chi connectivity index (χ4n) is 2.91. The Labute approximate surface area is 131 Å². The molecule has 4 rings (SSSR count). The van der Waals surface area contributed by atoms with E-state index >= 15 is 0 Å². The van der Waals surface area contributed by atoms with E-state index < -0.39 is 0 Å². The number of para-hydroxylation sites is 1. The summed E-state index contributed by atoms with van der Waals surface area (Å²) < 4.78 is 1.91. The van der Waals surface area contributed by atoms with Crippen LogP contribution in [0.2, 0.25) is 0 Å². The van der Waals surface area contributed by atoms with Crippen molar-refractivity contribution in [1.29, 1.82) is 0 Å². The highest BCUT2D eigenvalue weighted by Gasteiger charge is 2.15. The molecule has 23 heavy (non-hydrogen) atoms. The zero-order valence-corrected chi connectivity index (χ0v) is 12.3. The molecule has 4 aromatic rings. The standard InChI is InChI=1S/C17H12N4O2/c1-11-8-17-19-18-10-20(17)15-7-6-12(9-14(11)15)13-4-2-3-5-16(13)21(22)23/h2-10H,1H3. The molecule has 0 bridgehead atoms. The SMILES string of the molecule is Cc1cc2nncn2c2ccc(-c3ccccc3[N+](=O)[O-])cc12. The van der Waals surface area contributed by atoms with Crippen LogP contribution in [0.4, 0.5) is 5.69 Å². The summed E-state index contributed by atoms with van der Waals surface area (Å²) in [5.74, 6) is 0. The van der Waals surface area contributed by atoms with E-state index in [0.717, 1.165) is 27.7 Å². The van der Waals surface area contributed by atoms with E-state index in [1.165, 1.54) is 6.07 Å². The molecule has 0 atom stereocenters. The van der Waals surface area contributed by atoms with Crippen LogP contribution in [0.3, 0.4) is 0 Å². The van der Waals surface area contributed by atoms with Gasteiger partial charge < -0.3 is 0 Å². The lowest BCUT2D eigenvalue weighted by Crippen LogP contribution is -1.93. The average Bonchev–Trinajstić information content (AvgIpc) is 3.03. The van der Waals surface area contributed by atoms with E-state index in [4.69, 9.17) is 0 Å². The summed E-state index contributed by atoms with van der Waals surface area (Å²) >= 11 is 0. The minimum absolute atomic E-state index is 0.106. The largest absolute Gasteiger partial charge is 0.281 e. The zero-order chi connectivity index (χ0) is 16.0. The molecule has 0 amide bonds. The van der Waals surface area contributed by atoms with Gasteiger partial charge in [-0.05, 0) is 42.3 Å². The number of nitro benzene ring substituents is 1. The van der Waals surface area contributed by atoms with Crippen LogP contribution in [0, 0.1) is 17.0 Å². The fraction of sp³-hybridized carbons (Fsp3) is 0.0588. The molecule has 6 nitrogen and oxygen atoms in total. The number of aryl methyl sites for hydroxylation is 1. The van der Waals surface area contributed by atoms with Crippen molar-refractivity contribution in [3.63, 3.8) is 0 Å². The average molecular weight is 304 g/mol. The van der Waals surface area contributed by atoms with Gasteiger partial charge in [0.25, 0.3) is 5.69 Å². The second-order valence-electron chi connectivity index (χ2n) is 5.39. The minimum Gasteiger partial charge on any atom is -0.281 e. The van der Waals surface area contributed by atoms with Gasteiger partial charge in [0.2, 0.25) is 0 Å². The minimum atomic E-state index is -0.352. The predicted octanol–water partition coefficient (Wildman–Crippen LogP) is 3.77. The van der Waals surface area contributed by atoms with Gasteiger partial charge in [-0.15, -0.1) is 10.2 Å². The van der Waals surface area contributed by atoms with Crippen molar-refractivity contribution in [2.75, 3.05) is 0 Å². The van der Waals surface area contributed by atoms with E-state index in [1.54, 1.807) is 18.5 Å². The predicted molar refractivity (Wildman–Crippen MR) is 87.3 cm³/mol. The molecule has 6 heteroatoms. The first-order chi connectivity index (χ1) is 11.1. The van der Waals surface area contributed by atoms with E-state index in [-0.39, 0.29) is 10.6 Å². The Hall–Kier alpha value is -3.28. The van der Waals surface area contributed by atoms with Crippen LogP contribution >= 0.6 is 0 Å². The van der Waals surface area contributed by atoms with Crippen LogP contribution < -0.4 is 0 Å². The first-order valence-corrected chi connectivity index (χ1v) is 7.12. The first kappa shape index (κ1) is 13.4. The van der Waals surface area contributed by atoms with Crippen LogP contribution in [0.15, 0.2) is 54.9 Å². The molecule has 2 heterocycles. The van der Waals surface area contributed by atoms with Gasteiger partial charge in [0.05, 0.1) is 16.0 Å². The maximum absolute atomic E-state index is 11.3. The number of pyridine rings is 1. The number of hydrogen-bond donors (Lipinski definition) is 0. The van der Waals surface area contributed by atoms with E-state index in [2.05, 4.69) is 10.2 Å². The molecule has 2 aromatic heterocycles. The molecule has 0 aliphatic heterocycles. The lowest BCUT2D eigenvalue weighted by molar-refractivity contribution is -0.384. The molecule has 0 saturated heterocycles. The van der Waals surface area contributed by atoms with Gasteiger partial charge in [-0.1, -0.05) is 18.2 Å². The van der Waals surface area contributed by atoms with Crippen LogP contribution in [0.25, 0.3) is 27.7 Å². The smallest absolute Gasteiger partial charge is 0.277 e. The maximum atomic E-state index is 11.3. The molecule has 0 fully saturated rings. The van der Waals surface area contributed by atoms with Crippen molar-refractivity contribution in [2.24, 2.45) is 0 Å². The Kier molecular flexibility index (Phi) is 2.84. The molecule has 0 radical (unpaired) electrons. The number of benzene rings is 2. The van der Waals surface area contributed by atoms with Crippen molar-refractivity contribution in [2.45, 2.75) is 6.92 Å². The van der Waals surface area contributed by atoms with E-state index in [9.17, 15) is 10.1 Å². The number of fused-ring (bicyclic) bond motifs is 3. The molecule has 2 aromatic carbocycles. The third-order valence-corrected chi connectivity index (χ3v) is 4.01. The molecule has 0 spiro atoms. The second kappa shape index (κ2) is 4.88. The Morgan fingerprint density at radius 2 is 1.96 bits per heavy atom. The molecule has 0 N–H and O–H groups in total. The van der Waals surface area contributed by atoms with Crippen molar-refractivity contribution in [3.05, 3.63) is 70.5 Å². The monoisotopic (exact) mass is 304 g/mol. The van der Waals surface area contributed by atoms with E-state index in [0.29, 0.717) is 5.56 Å². The Bertz CT molecular complexity index is 1070. The molecule has 0 unspecified atom stereocenters. The molecule has 0 aliphatic carbocycles.